The van der Waals surface area contributed by atoms with E-state index in [0.717, 1.165) is 10.8 Å². The van der Waals surface area contributed by atoms with Crippen LogP contribution in [0.5, 0.6) is 0 Å². The lowest BCUT2D eigenvalue weighted by molar-refractivity contribution is -0.134. The Morgan fingerprint density at radius 3 is 2.52 bits per heavy atom. The first-order valence-electron chi connectivity index (χ1n) is 12.4. The Morgan fingerprint density at radius 1 is 1.10 bits per heavy atom. The van der Waals surface area contributed by atoms with Crippen LogP contribution in [0.3, 0.4) is 0 Å². The fourth-order valence-electron chi connectivity index (χ4n) is 3.67. The van der Waals surface area contributed by atoms with Crippen molar-refractivity contribution in [3.05, 3.63) is 71.1 Å². The van der Waals surface area contributed by atoms with E-state index in [1.807, 2.05) is 24.3 Å². The highest BCUT2D eigenvalue weighted by molar-refractivity contribution is 7.46. The van der Waals surface area contributed by atoms with Gasteiger partial charge in [-0.2, -0.15) is 0 Å². The zero-order chi connectivity index (χ0) is 30.0. The molecule has 0 unspecified atom stereocenters. The highest BCUT2D eigenvalue weighted by Crippen LogP contribution is 2.35. The number of phosphoric acid groups is 1. The topological polar surface area (TPSA) is 168 Å². The van der Waals surface area contributed by atoms with Gasteiger partial charge in [-0.1, -0.05) is 55.4 Å². The van der Waals surface area contributed by atoms with Crippen molar-refractivity contribution >= 4 is 48.0 Å². The van der Waals surface area contributed by atoms with Crippen LogP contribution < -0.4 is 5.32 Å². The summed E-state index contributed by atoms with van der Waals surface area (Å²) in [5, 5.41) is 14.1. The molecular weight excluding hydrogens is 596 g/mol. The van der Waals surface area contributed by atoms with Crippen LogP contribution in [0.4, 0.5) is 15.0 Å². The zero-order valence-electron chi connectivity index (χ0n) is 22.0. The molecule has 3 rings (SSSR count). The lowest BCUT2D eigenvalue weighted by Crippen LogP contribution is -2.44. The number of pyridine rings is 1. The second-order valence-electron chi connectivity index (χ2n) is 8.99. The van der Waals surface area contributed by atoms with Crippen LogP contribution in [0.15, 0.2) is 54.7 Å². The van der Waals surface area contributed by atoms with Crippen LogP contribution in [0.2, 0.25) is 5.02 Å². The Kier molecular flexibility index (Phi) is 13.7. The van der Waals surface area contributed by atoms with Gasteiger partial charge in [0.1, 0.15) is 24.3 Å². The molecule has 0 bridgehead atoms. The van der Waals surface area contributed by atoms with Crippen LogP contribution in [-0.2, 0) is 29.8 Å². The molecule has 4 N–H and O–H groups in total. The second-order valence-corrected chi connectivity index (χ2v) is 10.6. The summed E-state index contributed by atoms with van der Waals surface area (Å²) in [5.41, 5.74) is 0.452. The molecule has 0 fully saturated rings. The molecule has 0 aliphatic rings. The minimum Gasteiger partial charge on any atom is -0.447 e. The van der Waals surface area contributed by atoms with Crippen molar-refractivity contribution in [1.82, 2.24) is 9.88 Å². The first-order chi connectivity index (χ1) is 19.4. The summed E-state index contributed by atoms with van der Waals surface area (Å²) in [4.78, 5) is 48.4. The van der Waals surface area contributed by atoms with Gasteiger partial charge in [-0.3, -0.25) is 14.6 Å². The van der Waals surface area contributed by atoms with Crippen molar-refractivity contribution in [1.29, 1.82) is 0 Å². The van der Waals surface area contributed by atoms with Crippen molar-refractivity contribution in [2.45, 2.75) is 32.4 Å². The summed E-state index contributed by atoms with van der Waals surface area (Å²) in [5.74, 6) is -0.728. The number of carbonyl (C=O) groups excluding carboxylic acids is 2. The van der Waals surface area contributed by atoms with E-state index in [9.17, 15) is 23.7 Å². The van der Waals surface area contributed by atoms with Crippen molar-refractivity contribution in [3.63, 3.8) is 0 Å². The number of fused-ring (bicyclic) bond motifs is 1. The van der Waals surface area contributed by atoms with Crippen molar-refractivity contribution in [2.24, 2.45) is 0 Å². The predicted octanol–water partition coefficient (Wildman–Crippen LogP) is 4.16. The number of nitrogens with one attached hydrogen (secondary N) is 1. The molecule has 42 heavy (non-hydrogen) atoms. The summed E-state index contributed by atoms with van der Waals surface area (Å²) in [6.45, 7) is -1.59. The maximum Gasteiger partial charge on any atom is 0.469 e. The van der Waals surface area contributed by atoms with E-state index in [4.69, 9.17) is 30.9 Å². The molecular formula is C27H34ClFN3O9P. The Labute approximate surface area is 247 Å². The first kappa shape index (κ1) is 35.0. The van der Waals surface area contributed by atoms with Gasteiger partial charge in [0.05, 0.1) is 30.9 Å². The summed E-state index contributed by atoms with van der Waals surface area (Å²) in [6, 6.07) is 12.6. The number of benzene rings is 2. The summed E-state index contributed by atoms with van der Waals surface area (Å²) >= 11 is 5.98. The average Bonchev–Trinajstić information content (AvgIpc) is 2.93. The van der Waals surface area contributed by atoms with Crippen molar-refractivity contribution in [2.75, 3.05) is 38.8 Å². The Bertz CT molecular complexity index is 1390. The van der Waals surface area contributed by atoms with E-state index in [2.05, 4.69) is 14.8 Å². The lowest BCUT2D eigenvalue weighted by atomic mass is 10.1. The number of nitrogens with zero attached hydrogens (tertiary/aromatic N) is 2. The van der Waals surface area contributed by atoms with E-state index in [-0.39, 0.29) is 56.8 Å². The molecule has 0 aliphatic heterocycles. The third-order valence-electron chi connectivity index (χ3n) is 5.90. The molecule has 1 aromatic heterocycles. The normalized spacial score (nSPS) is 12.7. The number of aliphatic hydroxyl groups excluding tert-OH is 1. The minimum absolute atomic E-state index is 0. The Hall–Kier alpha value is -3.16. The van der Waals surface area contributed by atoms with Crippen LogP contribution in [0.25, 0.3) is 10.8 Å². The number of aliphatic hydroxyl groups is 1. The molecule has 0 saturated carbocycles. The van der Waals surface area contributed by atoms with Crippen LogP contribution in [0, 0.1) is 5.82 Å². The monoisotopic (exact) mass is 629 g/mol. The molecule has 2 aromatic carbocycles. The van der Waals surface area contributed by atoms with Crippen LogP contribution in [-0.4, -0.2) is 82.4 Å². The molecule has 3 aromatic rings. The standard InChI is InChI=1S/C26H30ClFN3O9P.CH4/c1-31(24(33)10-9-17-7-4-8-22(28)25(17)27)20(13-38-15-21(32)16-40-41(35,36)37)14-39-26(34)30-23-11-18-5-2-3-6-19(18)12-29-23;/h2-8,11-12,20-21,32H,9-10,13-16H2,1H3,(H,29,30,34)(H2,35,36,37);1H4/t20-,21-;/m0./s1. The number of hydrogen-bond donors (Lipinski definition) is 4. The molecule has 2 atom stereocenters. The Balaban J connectivity index is 0.00000616. The van der Waals surface area contributed by atoms with Gasteiger partial charge in [0, 0.05) is 25.1 Å². The van der Waals surface area contributed by atoms with Gasteiger partial charge in [-0.25, -0.2) is 18.7 Å². The summed E-state index contributed by atoms with van der Waals surface area (Å²) < 4.78 is 39.5. The third kappa shape index (κ3) is 11.3. The van der Waals surface area contributed by atoms with Crippen LogP contribution in [0.1, 0.15) is 19.4 Å². The molecule has 0 spiro atoms. The summed E-state index contributed by atoms with van der Waals surface area (Å²) in [6.07, 6.45) is -0.494. The van der Waals surface area contributed by atoms with Gasteiger partial charge in [0.15, 0.2) is 0 Å². The number of aromatic nitrogens is 1. The van der Waals surface area contributed by atoms with E-state index in [0.29, 0.717) is 5.56 Å². The quantitative estimate of drug-likeness (QED) is 0.190. The number of amides is 2. The summed E-state index contributed by atoms with van der Waals surface area (Å²) in [7, 11) is -3.31. The minimum atomic E-state index is -4.78. The number of aryl methyl sites for hydroxylation is 1. The highest BCUT2D eigenvalue weighted by Gasteiger charge is 2.24. The largest absolute Gasteiger partial charge is 0.469 e. The zero-order valence-corrected chi connectivity index (χ0v) is 23.6. The number of halogens is 2. The lowest BCUT2D eigenvalue weighted by Gasteiger charge is -2.28. The second kappa shape index (κ2) is 16.5. The molecule has 0 saturated heterocycles. The molecule has 15 heteroatoms. The van der Waals surface area contributed by atoms with Crippen LogP contribution >= 0.6 is 19.4 Å². The number of rotatable bonds is 14. The van der Waals surface area contributed by atoms with Gasteiger partial charge in [0.2, 0.25) is 5.91 Å². The van der Waals surface area contributed by atoms with Crippen molar-refractivity contribution < 1.29 is 47.4 Å². The fraction of sp³-hybridized carbons (Fsp3) is 0.370. The number of ether oxygens (including phenoxy) is 2. The van der Waals surface area contributed by atoms with Gasteiger partial charge in [-0.05, 0) is 29.5 Å². The molecule has 1 heterocycles. The molecule has 12 nitrogen and oxygen atoms in total. The first-order valence-corrected chi connectivity index (χ1v) is 14.3. The average molecular weight is 630 g/mol. The van der Waals surface area contributed by atoms with Gasteiger partial charge < -0.3 is 29.3 Å². The maximum absolute atomic E-state index is 13.7. The molecule has 230 valence electrons. The highest BCUT2D eigenvalue weighted by atomic mass is 35.5. The number of phosphoric ester groups is 1. The molecule has 0 radical (unpaired) electrons. The van der Waals surface area contributed by atoms with Crippen molar-refractivity contribution in [3.8, 4) is 0 Å². The third-order valence-corrected chi connectivity index (χ3v) is 6.81. The van der Waals surface area contributed by atoms with Gasteiger partial charge in [-0.15, -0.1) is 0 Å². The number of carbonyl (C=O) groups is 2. The van der Waals surface area contributed by atoms with E-state index in [1.54, 1.807) is 18.3 Å². The molecule has 0 aliphatic carbocycles. The van der Waals surface area contributed by atoms with E-state index >= 15 is 0 Å². The fourth-order valence-corrected chi connectivity index (χ4v) is 4.26. The van der Waals surface area contributed by atoms with Gasteiger partial charge >= 0.3 is 13.9 Å². The smallest absolute Gasteiger partial charge is 0.447 e. The SMILES string of the molecule is C.CN(C(=O)CCc1cccc(F)c1Cl)[C@@H](COC[C@H](O)COP(=O)(O)O)COC(=O)Nc1cc2ccccc2cn1. The predicted molar refractivity (Wildman–Crippen MR) is 155 cm³/mol. The Morgan fingerprint density at radius 2 is 1.81 bits per heavy atom. The number of likely N-dealkylation sites (N-methyl/N-ethyl adjacent to an activating group) is 1. The van der Waals surface area contributed by atoms with Gasteiger partial charge in [0.25, 0.3) is 0 Å². The number of hydrogen-bond acceptors (Lipinski definition) is 8. The number of anilines is 1. The maximum atomic E-state index is 13.7. The van der Waals surface area contributed by atoms with E-state index < -0.39 is 38.5 Å². The molecule has 2 amide bonds. The van der Waals surface area contributed by atoms with E-state index in [1.165, 1.54) is 24.1 Å².